The van der Waals surface area contributed by atoms with E-state index < -0.39 is 0 Å². The summed E-state index contributed by atoms with van der Waals surface area (Å²) in [7, 11) is 0. The molecule has 2 aromatic rings. The van der Waals surface area contributed by atoms with Gasteiger partial charge in [-0.3, -0.25) is 9.80 Å². The van der Waals surface area contributed by atoms with Crippen LogP contribution >= 0.6 is 0 Å². The Morgan fingerprint density at radius 1 is 1.08 bits per heavy atom. The van der Waals surface area contributed by atoms with Crippen molar-refractivity contribution in [2.24, 2.45) is 0 Å². The molecule has 6 heteroatoms. The van der Waals surface area contributed by atoms with Crippen LogP contribution in [0.5, 0.6) is 5.75 Å². The third kappa shape index (κ3) is 5.04. The van der Waals surface area contributed by atoms with Crippen molar-refractivity contribution in [2.45, 2.75) is 26.3 Å². The molecule has 0 radical (unpaired) electrons. The van der Waals surface area contributed by atoms with Crippen molar-refractivity contribution in [3.63, 3.8) is 0 Å². The number of hydrogen-bond donors (Lipinski definition) is 0. The highest BCUT2D eigenvalue weighted by Gasteiger charge is 2.19. The number of hydrogen-bond acceptors (Lipinski definition) is 6. The molecule has 2 heterocycles. The number of aromatic nitrogens is 2. The van der Waals surface area contributed by atoms with Crippen LogP contribution in [0.1, 0.15) is 25.1 Å². The number of rotatable bonds is 8. The molecular formula is C18H26N4O2. The molecule has 3 rings (SSSR count). The Labute approximate surface area is 143 Å². The van der Waals surface area contributed by atoms with E-state index in [0.717, 1.165) is 76.2 Å². The van der Waals surface area contributed by atoms with Gasteiger partial charge in [0.15, 0.2) is 5.82 Å². The lowest BCUT2D eigenvalue weighted by atomic mass is 10.3. The summed E-state index contributed by atoms with van der Waals surface area (Å²) in [6, 6.07) is 9.99. The van der Waals surface area contributed by atoms with Crippen LogP contribution in [-0.4, -0.2) is 59.3 Å². The Morgan fingerprint density at radius 2 is 1.83 bits per heavy atom. The largest absolute Gasteiger partial charge is 0.492 e. The third-order valence-electron chi connectivity index (χ3n) is 4.23. The Bertz CT molecular complexity index is 594. The minimum atomic E-state index is 0.730. The fourth-order valence-electron chi connectivity index (χ4n) is 2.85. The lowest BCUT2D eigenvalue weighted by Gasteiger charge is -2.33. The van der Waals surface area contributed by atoms with Crippen LogP contribution in [0.4, 0.5) is 0 Å². The summed E-state index contributed by atoms with van der Waals surface area (Å²) in [6.45, 7) is 8.72. The lowest BCUT2D eigenvalue weighted by molar-refractivity contribution is 0.104. The summed E-state index contributed by atoms with van der Waals surface area (Å²) in [5.41, 5.74) is 0. The van der Waals surface area contributed by atoms with Gasteiger partial charge < -0.3 is 9.26 Å². The average Bonchev–Trinajstić information content (AvgIpc) is 3.05. The summed E-state index contributed by atoms with van der Waals surface area (Å²) < 4.78 is 11.1. The normalized spacial score (nSPS) is 16.4. The van der Waals surface area contributed by atoms with Crippen LogP contribution in [0, 0.1) is 0 Å². The Balaban J connectivity index is 1.34. The van der Waals surface area contributed by atoms with Gasteiger partial charge in [-0.05, 0) is 18.6 Å². The molecule has 1 aromatic carbocycles. The van der Waals surface area contributed by atoms with E-state index in [1.165, 1.54) is 0 Å². The molecule has 1 aliphatic heterocycles. The van der Waals surface area contributed by atoms with Gasteiger partial charge in [-0.15, -0.1) is 0 Å². The maximum atomic E-state index is 5.77. The van der Waals surface area contributed by atoms with E-state index in [-0.39, 0.29) is 0 Å². The van der Waals surface area contributed by atoms with Crippen molar-refractivity contribution in [1.29, 1.82) is 0 Å². The average molecular weight is 330 g/mol. The second kappa shape index (κ2) is 8.80. The first-order chi connectivity index (χ1) is 11.8. The molecule has 0 unspecified atom stereocenters. The topological polar surface area (TPSA) is 54.6 Å². The van der Waals surface area contributed by atoms with Crippen LogP contribution in [0.2, 0.25) is 0 Å². The molecule has 1 saturated heterocycles. The molecule has 6 nitrogen and oxygen atoms in total. The van der Waals surface area contributed by atoms with E-state index in [9.17, 15) is 0 Å². The summed E-state index contributed by atoms with van der Waals surface area (Å²) in [4.78, 5) is 9.26. The van der Waals surface area contributed by atoms with Crippen molar-refractivity contribution in [3.8, 4) is 5.75 Å². The number of ether oxygens (including phenoxy) is 1. The van der Waals surface area contributed by atoms with Crippen molar-refractivity contribution in [3.05, 3.63) is 42.0 Å². The molecule has 1 fully saturated rings. The van der Waals surface area contributed by atoms with Gasteiger partial charge >= 0.3 is 0 Å². The molecule has 0 amide bonds. The second-order valence-corrected chi connectivity index (χ2v) is 6.13. The molecule has 1 aliphatic rings. The molecule has 130 valence electrons. The number of piperazine rings is 1. The molecule has 0 aliphatic carbocycles. The summed E-state index contributed by atoms with van der Waals surface area (Å²) in [5, 5.41) is 4.02. The molecule has 0 saturated carbocycles. The van der Waals surface area contributed by atoms with Gasteiger partial charge in [0.25, 0.3) is 0 Å². The standard InChI is InChI=1S/C18H26N4O2/c1-2-6-17-19-18(24-20-17)15-22-11-9-21(10-12-22)13-14-23-16-7-4-3-5-8-16/h3-5,7-8H,2,6,9-15H2,1H3. The Morgan fingerprint density at radius 3 is 2.58 bits per heavy atom. The van der Waals surface area contributed by atoms with Crippen molar-refractivity contribution < 1.29 is 9.26 Å². The van der Waals surface area contributed by atoms with E-state index in [4.69, 9.17) is 9.26 Å². The van der Waals surface area contributed by atoms with Gasteiger partial charge in [0.05, 0.1) is 6.54 Å². The Kier molecular flexibility index (Phi) is 6.20. The second-order valence-electron chi connectivity index (χ2n) is 6.13. The fraction of sp³-hybridized carbons (Fsp3) is 0.556. The molecular weight excluding hydrogens is 304 g/mol. The highest BCUT2D eigenvalue weighted by atomic mass is 16.5. The minimum Gasteiger partial charge on any atom is -0.492 e. The third-order valence-corrected chi connectivity index (χ3v) is 4.23. The zero-order valence-corrected chi connectivity index (χ0v) is 14.4. The first-order valence-electron chi connectivity index (χ1n) is 8.77. The Hall–Kier alpha value is -1.92. The van der Waals surface area contributed by atoms with E-state index >= 15 is 0 Å². The van der Waals surface area contributed by atoms with E-state index in [1.807, 2.05) is 30.3 Å². The molecule has 24 heavy (non-hydrogen) atoms. The van der Waals surface area contributed by atoms with Gasteiger partial charge in [-0.1, -0.05) is 30.3 Å². The molecule has 0 spiro atoms. The van der Waals surface area contributed by atoms with Crippen LogP contribution in [0.3, 0.4) is 0 Å². The number of nitrogens with zero attached hydrogens (tertiary/aromatic N) is 4. The monoisotopic (exact) mass is 330 g/mol. The van der Waals surface area contributed by atoms with Crippen LogP contribution < -0.4 is 4.74 Å². The number of benzene rings is 1. The van der Waals surface area contributed by atoms with E-state index in [0.29, 0.717) is 0 Å². The molecule has 0 bridgehead atoms. The minimum absolute atomic E-state index is 0.730. The summed E-state index contributed by atoms with van der Waals surface area (Å²) >= 11 is 0. The maximum Gasteiger partial charge on any atom is 0.240 e. The van der Waals surface area contributed by atoms with Gasteiger partial charge in [0.2, 0.25) is 5.89 Å². The van der Waals surface area contributed by atoms with E-state index in [2.05, 4.69) is 26.9 Å². The van der Waals surface area contributed by atoms with Crippen molar-refractivity contribution in [1.82, 2.24) is 19.9 Å². The maximum absolute atomic E-state index is 5.77. The van der Waals surface area contributed by atoms with E-state index in [1.54, 1.807) is 0 Å². The first kappa shape index (κ1) is 16.9. The molecule has 1 aromatic heterocycles. The molecule has 0 atom stereocenters. The first-order valence-corrected chi connectivity index (χ1v) is 8.77. The van der Waals surface area contributed by atoms with Crippen molar-refractivity contribution >= 4 is 0 Å². The zero-order chi connectivity index (χ0) is 16.6. The summed E-state index contributed by atoms with van der Waals surface area (Å²) in [5.74, 6) is 2.50. The van der Waals surface area contributed by atoms with Crippen molar-refractivity contribution in [2.75, 3.05) is 39.3 Å². The highest BCUT2D eigenvalue weighted by Crippen LogP contribution is 2.10. The van der Waals surface area contributed by atoms with Crippen LogP contribution in [0.25, 0.3) is 0 Å². The predicted molar refractivity (Wildman–Crippen MR) is 91.9 cm³/mol. The quantitative estimate of drug-likeness (QED) is 0.740. The smallest absolute Gasteiger partial charge is 0.240 e. The van der Waals surface area contributed by atoms with Gasteiger partial charge in [-0.25, -0.2) is 0 Å². The zero-order valence-electron chi connectivity index (χ0n) is 14.4. The highest BCUT2D eigenvalue weighted by molar-refractivity contribution is 5.20. The lowest BCUT2D eigenvalue weighted by Crippen LogP contribution is -2.47. The number of aryl methyl sites for hydroxylation is 1. The van der Waals surface area contributed by atoms with Gasteiger partial charge in [-0.2, -0.15) is 4.98 Å². The van der Waals surface area contributed by atoms with Gasteiger partial charge in [0, 0.05) is 39.1 Å². The van der Waals surface area contributed by atoms with Crippen LogP contribution in [-0.2, 0) is 13.0 Å². The van der Waals surface area contributed by atoms with Crippen LogP contribution in [0.15, 0.2) is 34.9 Å². The molecule has 0 N–H and O–H groups in total. The number of para-hydroxylation sites is 1. The van der Waals surface area contributed by atoms with Gasteiger partial charge in [0.1, 0.15) is 12.4 Å². The predicted octanol–water partition coefficient (Wildman–Crippen LogP) is 2.22. The summed E-state index contributed by atoms with van der Waals surface area (Å²) in [6.07, 6.45) is 1.93. The fourth-order valence-corrected chi connectivity index (χ4v) is 2.85. The SMILES string of the molecule is CCCc1noc(CN2CCN(CCOc3ccccc3)CC2)n1.